The van der Waals surface area contributed by atoms with Crippen LogP contribution in [-0.2, 0) is 6.54 Å². The van der Waals surface area contributed by atoms with Gasteiger partial charge in [-0.3, -0.25) is 4.79 Å². The van der Waals surface area contributed by atoms with Gasteiger partial charge in [0.1, 0.15) is 5.52 Å². The van der Waals surface area contributed by atoms with Crippen LogP contribution in [0, 0.1) is 0 Å². The molecular formula is C19H21BrN6O2. The molecule has 3 N–H and O–H groups in total. The highest BCUT2D eigenvalue weighted by atomic mass is 79.9. The molecule has 0 radical (unpaired) electrons. The van der Waals surface area contributed by atoms with Gasteiger partial charge in [-0.15, -0.1) is 5.10 Å². The lowest BCUT2D eigenvalue weighted by Gasteiger charge is -2.09. The third kappa shape index (κ3) is 5.07. The van der Waals surface area contributed by atoms with E-state index in [4.69, 9.17) is 0 Å². The van der Waals surface area contributed by atoms with Crippen molar-refractivity contribution < 1.29 is 9.59 Å². The molecule has 146 valence electrons. The molecule has 0 aliphatic carbocycles. The number of anilines is 1. The summed E-state index contributed by atoms with van der Waals surface area (Å²) < 4.78 is 2.58. The largest absolute Gasteiger partial charge is 0.350 e. The Morgan fingerprint density at radius 3 is 2.75 bits per heavy atom. The van der Waals surface area contributed by atoms with Crippen molar-refractivity contribution in [3.05, 3.63) is 52.5 Å². The summed E-state index contributed by atoms with van der Waals surface area (Å²) in [4.78, 5) is 24.1. The maximum Gasteiger partial charge on any atom is 0.319 e. The van der Waals surface area contributed by atoms with Crippen LogP contribution in [0.1, 0.15) is 24.2 Å². The number of carbonyl (C=O) groups is 2. The Bertz CT molecular complexity index is 1000. The quantitative estimate of drug-likeness (QED) is 0.543. The average molecular weight is 445 g/mol. The van der Waals surface area contributed by atoms with Crippen molar-refractivity contribution in [2.45, 2.75) is 26.4 Å². The minimum absolute atomic E-state index is 0.0631. The number of fused-ring (bicyclic) bond motifs is 1. The van der Waals surface area contributed by atoms with Crippen molar-refractivity contribution in [2.75, 3.05) is 11.9 Å². The lowest BCUT2D eigenvalue weighted by Crippen LogP contribution is -2.31. The summed E-state index contributed by atoms with van der Waals surface area (Å²) in [7, 11) is 0. The smallest absolute Gasteiger partial charge is 0.319 e. The SMILES string of the molecule is CC(C)NC(=O)c1ccc2c(c1)nnn2CCNC(=O)Nc1cccc(Br)c1. The molecule has 3 rings (SSSR count). The van der Waals surface area contributed by atoms with Crippen LogP contribution in [0.4, 0.5) is 10.5 Å². The first-order valence-corrected chi connectivity index (χ1v) is 9.66. The van der Waals surface area contributed by atoms with E-state index in [2.05, 4.69) is 42.2 Å². The molecule has 3 aromatic rings. The van der Waals surface area contributed by atoms with E-state index in [-0.39, 0.29) is 18.0 Å². The Kier molecular flexibility index (Phi) is 6.25. The van der Waals surface area contributed by atoms with Gasteiger partial charge in [0.05, 0.1) is 12.1 Å². The lowest BCUT2D eigenvalue weighted by molar-refractivity contribution is 0.0943. The molecule has 1 aromatic heterocycles. The first-order chi connectivity index (χ1) is 13.4. The number of amides is 3. The lowest BCUT2D eigenvalue weighted by atomic mass is 10.2. The van der Waals surface area contributed by atoms with Crippen molar-refractivity contribution in [1.82, 2.24) is 25.6 Å². The van der Waals surface area contributed by atoms with Gasteiger partial charge in [0.25, 0.3) is 5.91 Å². The van der Waals surface area contributed by atoms with Gasteiger partial charge >= 0.3 is 6.03 Å². The molecule has 1 heterocycles. The molecule has 0 bridgehead atoms. The van der Waals surface area contributed by atoms with E-state index in [1.54, 1.807) is 16.8 Å². The molecule has 0 saturated carbocycles. The topological polar surface area (TPSA) is 101 Å². The van der Waals surface area contributed by atoms with E-state index in [1.165, 1.54) is 0 Å². The van der Waals surface area contributed by atoms with Crippen LogP contribution >= 0.6 is 15.9 Å². The summed E-state index contributed by atoms with van der Waals surface area (Å²) in [6, 6.07) is 12.4. The van der Waals surface area contributed by atoms with Crippen molar-refractivity contribution in [3.8, 4) is 0 Å². The maximum absolute atomic E-state index is 12.1. The average Bonchev–Trinajstić information content (AvgIpc) is 3.03. The molecule has 0 saturated heterocycles. The van der Waals surface area contributed by atoms with Crippen LogP contribution < -0.4 is 16.0 Å². The summed E-state index contributed by atoms with van der Waals surface area (Å²) in [5, 5.41) is 16.6. The molecule has 28 heavy (non-hydrogen) atoms. The highest BCUT2D eigenvalue weighted by molar-refractivity contribution is 9.10. The molecule has 0 spiro atoms. The molecule has 0 aliphatic heterocycles. The second kappa shape index (κ2) is 8.83. The number of nitrogens with one attached hydrogen (secondary N) is 3. The highest BCUT2D eigenvalue weighted by Gasteiger charge is 2.11. The molecule has 0 atom stereocenters. The third-order valence-corrected chi connectivity index (χ3v) is 4.38. The standard InChI is InChI=1S/C19H21BrN6O2/c1-12(2)22-18(27)13-6-7-17-16(10-13)24-25-26(17)9-8-21-19(28)23-15-5-3-4-14(20)11-15/h3-7,10-12H,8-9H2,1-2H3,(H,22,27)(H2,21,23,28). The van der Waals surface area contributed by atoms with Gasteiger partial charge in [-0.25, -0.2) is 9.48 Å². The van der Waals surface area contributed by atoms with Gasteiger partial charge in [-0.1, -0.05) is 27.2 Å². The van der Waals surface area contributed by atoms with Crippen LogP contribution in [-0.4, -0.2) is 39.5 Å². The van der Waals surface area contributed by atoms with E-state index in [1.807, 2.05) is 44.2 Å². The minimum atomic E-state index is -0.296. The fourth-order valence-corrected chi connectivity index (χ4v) is 3.04. The van der Waals surface area contributed by atoms with Gasteiger partial charge in [0.2, 0.25) is 0 Å². The molecule has 2 aromatic carbocycles. The second-order valence-corrected chi connectivity index (χ2v) is 7.45. The van der Waals surface area contributed by atoms with Gasteiger partial charge < -0.3 is 16.0 Å². The Balaban J connectivity index is 1.57. The van der Waals surface area contributed by atoms with E-state index >= 15 is 0 Å². The normalized spacial score (nSPS) is 10.9. The van der Waals surface area contributed by atoms with E-state index in [9.17, 15) is 9.59 Å². The molecule has 0 fully saturated rings. The van der Waals surface area contributed by atoms with Gasteiger partial charge in [-0.2, -0.15) is 0 Å². The zero-order valence-corrected chi connectivity index (χ0v) is 17.2. The van der Waals surface area contributed by atoms with Crippen LogP contribution in [0.2, 0.25) is 0 Å². The number of hydrogen-bond donors (Lipinski definition) is 3. The maximum atomic E-state index is 12.1. The number of aromatic nitrogens is 3. The van der Waals surface area contributed by atoms with Gasteiger partial charge in [-0.05, 0) is 50.2 Å². The molecule has 8 nitrogen and oxygen atoms in total. The zero-order chi connectivity index (χ0) is 20.1. The Morgan fingerprint density at radius 1 is 1.18 bits per heavy atom. The van der Waals surface area contributed by atoms with Gasteiger partial charge in [0, 0.05) is 28.3 Å². The van der Waals surface area contributed by atoms with Crippen LogP contribution in [0.3, 0.4) is 0 Å². The number of halogens is 1. The first-order valence-electron chi connectivity index (χ1n) is 8.87. The number of rotatable bonds is 6. The van der Waals surface area contributed by atoms with Crippen molar-refractivity contribution >= 4 is 44.6 Å². The predicted molar refractivity (Wildman–Crippen MR) is 111 cm³/mol. The van der Waals surface area contributed by atoms with E-state index in [0.717, 1.165) is 9.99 Å². The fraction of sp³-hybridized carbons (Fsp3) is 0.263. The zero-order valence-electron chi connectivity index (χ0n) is 15.6. The fourth-order valence-electron chi connectivity index (χ4n) is 2.64. The number of urea groups is 1. The van der Waals surface area contributed by atoms with E-state index < -0.39 is 0 Å². The summed E-state index contributed by atoms with van der Waals surface area (Å²) in [5.41, 5.74) is 2.68. The summed E-state index contributed by atoms with van der Waals surface area (Å²) >= 11 is 3.36. The summed E-state index contributed by atoms with van der Waals surface area (Å²) in [6.07, 6.45) is 0. The van der Waals surface area contributed by atoms with Crippen LogP contribution in [0.25, 0.3) is 11.0 Å². The minimum Gasteiger partial charge on any atom is -0.350 e. The first kappa shape index (κ1) is 19.8. The van der Waals surface area contributed by atoms with Crippen molar-refractivity contribution in [1.29, 1.82) is 0 Å². The van der Waals surface area contributed by atoms with Crippen LogP contribution in [0.5, 0.6) is 0 Å². The summed E-state index contributed by atoms with van der Waals surface area (Å²) in [6.45, 7) is 4.66. The summed E-state index contributed by atoms with van der Waals surface area (Å²) in [5.74, 6) is -0.141. The second-order valence-electron chi connectivity index (χ2n) is 6.54. The van der Waals surface area contributed by atoms with Crippen molar-refractivity contribution in [2.24, 2.45) is 0 Å². The van der Waals surface area contributed by atoms with E-state index in [0.29, 0.717) is 29.9 Å². The van der Waals surface area contributed by atoms with Crippen molar-refractivity contribution in [3.63, 3.8) is 0 Å². The number of benzene rings is 2. The Labute approximate surface area is 170 Å². The Morgan fingerprint density at radius 2 is 2.00 bits per heavy atom. The third-order valence-electron chi connectivity index (χ3n) is 3.89. The number of nitrogens with zero attached hydrogens (tertiary/aromatic N) is 3. The molecule has 0 unspecified atom stereocenters. The molecule has 3 amide bonds. The molecule has 0 aliphatic rings. The van der Waals surface area contributed by atoms with Gasteiger partial charge in [0.15, 0.2) is 0 Å². The Hall–Kier alpha value is -2.94. The predicted octanol–water partition coefficient (Wildman–Crippen LogP) is 3.15. The molecular weight excluding hydrogens is 424 g/mol. The molecule has 9 heteroatoms. The number of hydrogen-bond acceptors (Lipinski definition) is 4. The van der Waals surface area contributed by atoms with Crippen LogP contribution in [0.15, 0.2) is 46.9 Å². The monoisotopic (exact) mass is 444 g/mol. The number of carbonyl (C=O) groups excluding carboxylic acids is 2. The highest BCUT2D eigenvalue weighted by Crippen LogP contribution is 2.15.